The highest BCUT2D eigenvalue weighted by Crippen LogP contribution is 2.17. The minimum atomic E-state index is -0.534. The number of carbonyl (C=O) groups is 1. The molecule has 2 aromatic carbocycles. The monoisotopic (exact) mass is 285 g/mol. The Morgan fingerprint density at radius 2 is 1.71 bits per heavy atom. The second kappa shape index (κ2) is 6.65. The van der Waals surface area contributed by atoms with Gasteiger partial charge in [0, 0.05) is 12.1 Å². The largest absolute Gasteiger partial charge is 0.423 e. The molecule has 5 nitrogen and oxygen atoms in total. The summed E-state index contributed by atoms with van der Waals surface area (Å²) in [4.78, 5) is 21.9. The van der Waals surface area contributed by atoms with Crippen molar-refractivity contribution in [2.75, 3.05) is 0 Å². The fourth-order valence-electron chi connectivity index (χ4n) is 1.90. The first-order valence-corrected chi connectivity index (χ1v) is 6.65. The molecule has 5 heteroatoms. The highest BCUT2D eigenvalue weighted by Gasteiger charge is 2.11. The van der Waals surface area contributed by atoms with Crippen LogP contribution in [0, 0.1) is 10.1 Å². The van der Waals surface area contributed by atoms with Crippen LogP contribution in [0.5, 0.6) is 5.75 Å². The molecule has 0 atom stereocenters. The molecule has 0 spiro atoms. The van der Waals surface area contributed by atoms with Crippen molar-refractivity contribution in [1.29, 1.82) is 0 Å². The quantitative estimate of drug-likeness (QED) is 0.363. The van der Waals surface area contributed by atoms with E-state index in [2.05, 4.69) is 6.92 Å². The Morgan fingerprint density at radius 1 is 1.10 bits per heavy atom. The summed E-state index contributed by atoms with van der Waals surface area (Å²) in [7, 11) is 0. The molecule has 0 N–H and O–H groups in total. The number of esters is 1. The van der Waals surface area contributed by atoms with Crippen molar-refractivity contribution in [3.05, 3.63) is 69.8 Å². The zero-order chi connectivity index (χ0) is 15.2. The predicted molar refractivity (Wildman–Crippen MR) is 78.5 cm³/mol. The smallest absolute Gasteiger partial charge is 0.343 e. The Balaban J connectivity index is 2.05. The van der Waals surface area contributed by atoms with Gasteiger partial charge in [-0.25, -0.2) is 4.79 Å². The molecule has 108 valence electrons. The van der Waals surface area contributed by atoms with Gasteiger partial charge in [-0.3, -0.25) is 10.1 Å². The van der Waals surface area contributed by atoms with Crippen molar-refractivity contribution in [3.63, 3.8) is 0 Å². The van der Waals surface area contributed by atoms with E-state index in [0.717, 1.165) is 12.8 Å². The second-order valence-corrected chi connectivity index (χ2v) is 4.59. The number of nitrogens with zero attached hydrogens (tertiary/aromatic N) is 1. The van der Waals surface area contributed by atoms with E-state index in [9.17, 15) is 14.9 Å². The van der Waals surface area contributed by atoms with Crippen molar-refractivity contribution in [1.82, 2.24) is 0 Å². The maximum absolute atomic E-state index is 11.9. The van der Waals surface area contributed by atoms with Gasteiger partial charge >= 0.3 is 5.97 Å². The van der Waals surface area contributed by atoms with Crippen molar-refractivity contribution in [2.24, 2.45) is 0 Å². The maximum atomic E-state index is 11.9. The van der Waals surface area contributed by atoms with Crippen LogP contribution in [0.4, 0.5) is 5.69 Å². The number of hydrogen-bond donors (Lipinski definition) is 0. The molecule has 21 heavy (non-hydrogen) atoms. The van der Waals surface area contributed by atoms with Crippen LogP contribution in [0.15, 0.2) is 48.5 Å². The number of rotatable bonds is 5. The molecule has 0 aromatic heterocycles. The van der Waals surface area contributed by atoms with Gasteiger partial charge in [0.05, 0.1) is 10.5 Å². The molecular formula is C16H15NO4. The lowest BCUT2D eigenvalue weighted by molar-refractivity contribution is -0.384. The molecule has 0 radical (unpaired) electrons. The highest BCUT2D eigenvalue weighted by atomic mass is 16.6. The third kappa shape index (κ3) is 3.89. The maximum Gasteiger partial charge on any atom is 0.343 e. The fourth-order valence-corrected chi connectivity index (χ4v) is 1.90. The third-order valence-corrected chi connectivity index (χ3v) is 2.99. The number of aryl methyl sites for hydroxylation is 1. The molecule has 0 saturated heterocycles. The van der Waals surface area contributed by atoms with E-state index < -0.39 is 10.9 Å². The average Bonchev–Trinajstić information content (AvgIpc) is 2.49. The second-order valence-electron chi connectivity index (χ2n) is 4.59. The zero-order valence-electron chi connectivity index (χ0n) is 11.6. The van der Waals surface area contributed by atoms with E-state index in [1.165, 1.54) is 29.8 Å². The molecule has 0 bridgehead atoms. The van der Waals surface area contributed by atoms with Crippen molar-refractivity contribution >= 4 is 11.7 Å². The summed E-state index contributed by atoms with van der Waals surface area (Å²) in [6, 6.07) is 12.6. The summed E-state index contributed by atoms with van der Waals surface area (Å²) in [6.45, 7) is 2.10. The Labute approximate surface area is 122 Å². The van der Waals surface area contributed by atoms with Gasteiger partial charge in [0.2, 0.25) is 0 Å². The molecule has 0 fully saturated rings. The van der Waals surface area contributed by atoms with Crippen LogP contribution in [0.1, 0.15) is 29.3 Å². The van der Waals surface area contributed by atoms with E-state index >= 15 is 0 Å². The summed E-state index contributed by atoms with van der Waals surface area (Å²) < 4.78 is 5.23. The van der Waals surface area contributed by atoms with Crippen LogP contribution in [-0.2, 0) is 6.42 Å². The van der Waals surface area contributed by atoms with Gasteiger partial charge in [-0.15, -0.1) is 0 Å². The van der Waals surface area contributed by atoms with Gasteiger partial charge in [-0.2, -0.15) is 0 Å². The lowest BCUT2D eigenvalue weighted by Gasteiger charge is -2.05. The van der Waals surface area contributed by atoms with Crippen molar-refractivity contribution in [2.45, 2.75) is 19.8 Å². The summed E-state index contributed by atoms with van der Waals surface area (Å²) in [5.74, 6) is -0.0775. The van der Waals surface area contributed by atoms with E-state index in [1.54, 1.807) is 12.1 Å². The Hall–Kier alpha value is -2.69. The average molecular weight is 285 g/mol. The van der Waals surface area contributed by atoms with E-state index in [4.69, 9.17) is 4.74 Å². The minimum absolute atomic E-state index is 0.0598. The number of benzene rings is 2. The molecule has 0 aliphatic carbocycles. The number of hydrogen-bond acceptors (Lipinski definition) is 4. The van der Waals surface area contributed by atoms with E-state index in [1.807, 2.05) is 12.1 Å². The molecule has 2 aromatic rings. The molecule has 0 saturated carbocycles. The summed E-state index contributed by atoms with van der Waals surface area (Å²) in [6.07, 6.45) is 2.04. The topological polar surface area (TPSA) is 69.4 Å². The van der Waals surface area contributed by atoms with Crippen LogP contribution in [0.25, 0.3) is 0 Å². The molecule has 0 heterocycles. The molecule has 2 rings (SSSR count). The number of non-ortho nitro benzene ring substituents is 1. The van der Waals surface area contributed by atoms with Crippen LogP contribution in [0.2, 0.25) is 0 Å². The normalized spacial score (nSPS) is 10.1. The Kier molecular flexibility index (Phi) is 4.66. The van der Waals surface area contributed by atoms with Gasteiger partial charge in [0.1, 0.15) is 5.75 Å². The van der Waals surface area contributed by atoms with Crippen molar-refractivity contribution in [3.8, 4) is 5.75 Å². The summed E-state index contributed by atoms with van der Waals surface area (Å²) in [5, 5.41) is 10.5. The molecule has 0 aliphatic rings. The number of nitro benzene ring substituents is 1. The van der Waals surface area contributed by atoms with Crippen molar-refractivity contribution < 1.29 is 14.5 Å². The number of nitro groups is 1. The number of carbonyl (C=O) groups excluding carboxylic acids is 1. The first-order chi connectivity index (χ1) is 10.1. The molecule has 0 aliphatic heterocycles. The Morgan fingerprint density at radius 3 is 2.24 bits per heavy atom. The first kappa shape index (κ1) is 14.7. The summed E-state index contributed by atoms with van der Waals surface area (Å²) in [5.41, 5.74) is 1.40. The third-order valence-electron chi connectivity index (χ3n) is 2.99. The summed E-state index contributed by atoms with van der Waals surface area (Å²) >= 11 is 0. The fraction of sp³-hybridized carbons (Fsp3) is 0.188. The predicted octanol–water partition coefficient (Wildman–Crippen LogP) is 3.77. The van der Waals surface area contributed by atoms with Crippen LogP contribution in [0.3, 0.4) is 0 Å². The lowest BCUT2D eigenvalue weighted by Crippen LogP contribution is -2.08. The first-order valence-electron chi connectivity index (χ1n) is 6.65. The zero-order valence-corrected chi connectivity index (χ0v) is 11.6. The molecule has 0 amide bonds. The van der Waals surface area contributed by atoms with Gasteiger partial charge in [0.25, 0.3) is 5.69 Å². The van der Waals surface area contributed by atoms with Gasteiger partial charge in [-0.1, -0.05) is 25.5 Å². The highest BCUT2D eigenvalue weighted by molar-refractivity contribution is 5.91. The van der Waals surface area contributed by atoms with E-state index in [0.29, 0.717) is 5.75 Å². The van der Waals surface area contributed by atoms with Gasteiger partial charge < -0.3 is 4.74 Å². The van der Waals surface area contributed by atoms with Crippen LogP contribution in [-0.4, -0.2) is 10.9 Å². The number of ether oxygens (including phenoxy) is 1. The SMILES string of the molecule is CCCc1ccc(OC(=O)c2ccc([N+](=O)[O-])cc2)cc1. The lowest BCUT2D eigenvalue weighted by atomic mass is 10.1. The van der Waals surface area contributed by atoms with Crippen LogP contribution >= 0.6 is 0 Å². The minimum Gasteiger partial charge on any atom is -0.423 e. The standard InChI is InChI=1S/C16H15NO4/c1-2-3-12-4-10-15(11-5-12)21-16(18)13-6-8-14(9-7-13)17(19)20/h4-11H,2-3H2,1H3. The Bertz CT molecular complexity index is 632. The van der Waals surface area contributed by atoms with E-state index in [-0.39, 0.29) is 11.3 Å². The van der Waals surface area contributed by atoms with Gasteiger partial charge in [0.15, 0.2) is 0 Å². The van der Waals surface area contributed by atoms with Gasteiger partial charge in [-0.05, 0) is 36.2 Å². The molecular weight excluding hydrogens is 270 g/mol. The molecule has 0 unspecified atom stereocenters. The van der Waals surface area contributed by atoms with Crippen LogP contribution < -0.4 is 4.74 Å².